The molecule has 0 saturated carbocycles. The first-order valence-corrected chi connectivity index (χ1v) is 13.2. The van der Waals surface area contributed by atoms with Crippen molar-refractivity contribution in [2.45, 2.75) is 6.92 Å². The topological polar surface area (TPSA) is 66.3 Å². The Balaban J connectivity index is 1.37. The van der Waals surface area contributed by atoms with Gasteiger partial charge in [0, 0.05) is 44.8 Å². The second-order valence-corrected chi connectivity index (χ2v) is 10.2. The van der Waals surface area contributed by atoms with Crippen LogP contribution in [-0.4, -0.2) is 76.8 Å². The molecule has 7 nitrogen and oxygen atoms in total. The van der Waals surface area contributed by atoms with Gasteiger partial charge in [-0.2, -0.15) is 5.10 Å². The van der Waals surface area contributed by atoms with Crippen LogP contribution in [0.3, 0.4) is 0 Å². The predicted molar refractivity (Wildman–Crippen MR) is 153 cm³/mol. The number of amides is 1. The zero-order valence-corrected chi connectivity index (χ0v) is 21.9. The molecule has 38 heavy (non-hydrogen) atoms. The van der Waals surface area contributed by atoms with Crippen molar-refractivity contribution >= 4 is 27.7 Å². The molecule has 0 spiro atoms. The lowest BCUT2D eigenvalue weighted by Crippen LogP contribution is -2.46. The zero-order valence-electron chi connectivity index (χ0n) is 21.9. The first-order valence-electron chi connectivity index (χ1n) is 13.2. The van der Waals surface area contributed by atoms with E-state index in [1.807, 2.05) is 35.0 Å². The standard InChI is InChI=1S/C31H32N6O/c1-22-6-5-9-26(18-22)37-30-28(21-33-37)27(31(38)32-12-13-36-16-14-35(2)15-17-36)20-29(34-30)25-11-10-23-7-3-4-8-24(23)19-25/h3-11,18-21H,12-17H2,1-2H3,(H,32,38). The summed E-state index contributed by atoms with van der Waals surface area (Å²) >= 11 is 0. The van der Waals surface area contributed by atoms with Crippen LogP contribution in [0.5, 0.6) is 0 Å². The molecule has 0 aliphatic carbocycles. The van der Waals surface area contributed by atoms with Gasteiger partial charge < -0.3 is 10.2 Å². The summed E-state index contributed by atoms with van der Waals surface area (Å²) in [6.07, 6.45) is 1.75. The van der Waals surface area contributed by atoms with E-state index in [0.29, 0.717) is 17.8 Å². The number of carbonyl (C=O) groups excluding carboxylic acids is 1. The Kier molecular flexibility index (Phi) is 6.62. The number of fused-ring (bicyclic) bond motifs is 2. The molecule has 1 amide bonds. The SMILES string of the molecule is Cc1cccc(-n2ncc3c(C(=O)NCCN4CCN(C)CC4)cc(-c4ccc5ccccc5c4)nc32)c1. The number of likely N-dealkylation sites (N-methyl/N-ethyl adjacent to an activating group) is 1. The highest BCUT2D eigenvalue weighted by Gasteiger charge is 2.19. The van der Waals surface area contributed by atoms with Crippen LogP contribution in [0.1, 0.15) is 15.9 Å². The van der Waals surface area contributed by atoms with Gasteiger partial charge >= 0.3 is 0 Å². The van der Waals surface area contributed by atoms with Crippen LogP contribution in [0.15, 0.2) is 79.0 Å². The van der Waals surface area contributed by atoms with E-state index in [1.54, 1.807) is 6.20 Å². The van der Waals surface area contributed by atoms with Gasteiger partial charge in [-0.05, 0) is 54.6 Å². The average molecular weight is 505 g/mol. The molecule has 1 aliphatic heterocycles. The van der Waals surface area contributed by atoms with E-state index in [9.17, 15) is 4.79 Å². The molecule has 3 heterocycles. The highest BCUT2D eigenvalue weighted by Crippen LogP contribution is 2.29. The minimum absolute atomic E-state index is 0.0997. The Bertz CT molecular complexity index is 1620. The van der Waals surface area contributed by atoms with Gasteiger partial charge in [0.2, 0.25) is 0 Å². The van der Waals surface area contributed by atoms with Crippen LogP contribution in [0.4, 0.5) is 0 Å². The number of nitrogens with zero attached hydrogens (tertiary/aromatic N) is 5. The van der Waals surface area contributed by atoms with Gasteiger partial charge in [-0.1, -0.05) is 48.5 Å². The first-order chi connectivity index (χ1) is 18.5. The molecule has 1 N–H and O–H groups in total. The molecule has 2 aromatic heterocycles. The summed E-state index contributed by atoms with van der Waals surface area (Å²) in [6.45, 7) is 7.68. The zero-order chi connectivity index (χ0) is 26.1. The van der Waals surface area contributed by atoms with Crippen LogP contribution in [-0.2, 0) is 0 Å². The van der Waals surface area contributed by atoms with Crippen LogP contribution in [0.25, 0.3) is 38.8 Å². The summed E-state index contributed by atoms with van der Waals surface area (Å²) in [5.74, 6) is -0.0997. The number of piperazine rings is 1. The Morgan fingerprint density at radius 2 is 1.74 bits per heavy atom. The van der Waals surface area contributed by atoms with Crippen molar-refractivity contribution < 1.29 is 4.79 Å². The number of benzene rings is 3. The van der Waals surface area contributed by atoms with E-state index in [4.69, 9.17) is 4.98 Å². The highest BCUT2D eigenvalue weighted by atomic mass is 16.1. The molecule has 0 radical (unpaired) electrons. The first kappa shape index (κ1) is 24.3. The Hall–Kier alpha value is -4.07. The van der Waals surface area contributed by atoms with E-state index in [-0.39, 0.29) is 5.91 Å². The molecule has 0 unspecified atom stereocenters. The lowest BCUT2D eigenvalue weighted by atomic mass is 10.0. The molecule has 1 saturated heterocycles. The summed E-state index contributed by atoms with van der Waals surface area (Å²) in [6, 6.07) is 24.6. The van der Waals surface area contributed by atoms with E-state index >= 15 is 0 Å². The van der Waals surface area contributed by atoms with E-state index in [0.717, 1.165) is 66.0 Å². The van der Waals surface area contributed by atoms with Crippen molar-refractivity contribution in [2.75, 3.05) is 46.3 Å². The van der Waals surface area contributed by atoms with Crippen molar-refractivity contribution in [1.82, 2.24) is 29.9 Å². The van der Waals surface area contributed by atoms with Crippen LogP contribution >= 0.6 is 0 Å². The van der Waals surface area contributed by atoms with E-state index < -0.39 is 0 Å². The second kappa shape index (κ2) is 10.4. The third-order valence-electron chi connectivity index (χ3n) is 7.39. The highest BCUT2D eigenvalue weighted by molar-refractivity contribution is 6.07. The summed E-state index contributed by atoms with van der Waals surface area (Å²) in [5, 5.41) is 10.9. The van der Waals surface area contributed by atoms with Crippen LogP contribution < -0.4 is 5.32 Å². The average Bonchev–Trinajstić information content (AvgIpc) is 3.37. The molecule has 5 aromatic rings. The smallest absolute Gasteiger partial charge is 0.252 e. The molecule has 1 aliphatic rings. The summed E-state index contributed by atoms with van der Waals surface area (Å²) in [5.41, 5.74) is 5.04. The normalized spacial score (nSPS) is 14.8. The largest absolute Gasteiger partial charge is 0.351 e. The maximum atomic E-state index is 13.5. The van der Waals surface area contributed by atoms with Gasteiger partial charge in [0.05, 0.1) is 28.5 Å². The van der Waals surface area contributed by atoms with Gasteiger partial charge in [-0.15, -0.1) is 0 Å². The van der Waals surface area contributed by atoms with Gasteiger partial charge in [0.1, 0.15) is 0 Å². The molecule has 3 aromatic carbocycles. The molecule has 1 fully saturated rings. The monoisotopic (exact) mass is 504 g/mol. The quantitative estimate of drug-likeness (QED) is 0.368. The van der Waals surface area contributed by atoms with Crippen LogP contribution in [0, 0.1) is 6.92 Å². The molecule has 0 bridgehead atoms. The molecular weight excluding hydrogens is 472 g/mol. The molecule has 6 rings (SSSR count). The third kappa shape index (κ3) is 4.90. The number of hydrogen-bond donors (Lipinski definition) is 1. The van der Waals surface area contributed by atoms with Gasteiger partial charge in [0.25, 0.3) is 5.91 Å². The lowest BCUT2D eigenvalue weighted by molar-refractivity contribution is 0.0942. The fourth-order valence-electron chi connectivity index (χ4n) is 5.13. The minimum atomic E-state index is -0.0997. The molecular formula is C31H32N6O. The number of nitrogens with one attached hydrogen (secondary N) is 1. The summed E-state index contributed by atoms with van der Waals surface area (Å²) < 4.78 is 1.83. The van der Waals surface area contributed by atoms with Gasteiger partial charge in [-0.3, -0.25) is 9.69 Å². The van der Waals surface area contributed by atoms with E-state index in [1.165, 1.54) is 5.39 Å². The fourth-order valence-corrected chi connectivity index (χ4v) is 5.13. The molecule has 7 heteroatoms. The number of aryl methyl sites for hydroxylation is 1. The number of pyridine rings is 1. The maximum Gasteiger partial charge on any atom is 0.252 e. The second-order valence-electron chi connectivity index (χ2n) is 10.2. The Morgan fingerprint density at radius 1 is 0.921 bits per heavy atom. The van der Waals surface area contributed by atoms with Crippen LogP contribution in [0.2, 0.25) is 0 Å². The number of carbonyl (C=O) groups is 1. The van der Waals surface area contributed by atoms with Crippen molar-refractivity contribution in [1.29, 1.82) is 0 Å². The number of hydrogen-bond acceptors (Lipinski definition) is 5. The minimum Gasteiger partial charge on any atom is -0.351 e. The number of rotatable bonds is 6. The predicted octanol–water partition coefficient (Wildman–Crippen LogP) is 4.53. The summed E-state index contributed by atoms with van der Waals surface area (Å²) in [4.78, 5) is 23.3. The number of aromatic nitrogens is 3. The van der Waals surface area contributed by atoms with Gasteiger partial charge in [-0.25, -0.2) is 9.67 Å². The Labute approximate surface area is 222 Å². The van der Waals surface area contributed by atoms with E-state index in [2.05, 4.69) is 76.7 Å². The lowest BCUT2D eigenvalue weighted by Gasteiger charge is -2.32. The third-order valence-corrected chi connectivity index (χ3v) is 7.39. The van der Waals surface area contributed by atoms with Crippen molar-refractivity contribution in [2.24, 2.45) is 0 Å². The fraction of sp³-hybridized carbons (Fsp3) is 0.258. The van der Waals surface area contributed by atoms with Crippen molar-refractivity contribution in [3.8, 4) is 16.9 Å². The van der Waals surface area contributed by atoms with Gasteiger partial charge in [0.15, 0.2) is 5.65 Å². The summed E-state index contributed by atoms with van der Waals surface area (Å²) in [7, 11) is 2.15. The van der Waals surface area contributed by atoms with Crippen molar-refractivity contribution in [3.63, 3.8) is 0 Å². The molecule has 0 atom stereocenters. The van der Waals surface area contributed by atoms with Crippen molar-refractivity contribution in [3.05, 3.63) is 90.1 Å². The Morgan fingerprint density at radius 3 is 2.55 bits per heavy atom. The molecule has 192 valence electrons. The maximum absolute atomic E-state index is 13.5.